The number of urea groups is 1. The molecular formula is C22H35N3O3. The summed E-state index contributed by atoms with van der Waals surface area (Å²) in [6, 6.07) is 8.37. The van der Waals surface area contributed by atoms with E-state index >= 15 is 0 Å². The number of benzene rings is 1. The minimum atomic E-state index is -0.123. The third kappa shape index (κ3) is 5.69. The number of hydrogen-bond donors (Lipinski definition) is 2. The fourth-order valence-corrected chi connectivity index (χ4v) is 4.09. The van der Waals surface area contributed by atoms with Crippen molar-refractivity contribution < 1.29 is 14.6 Å². The van der Waals surface area contributed by atoms with E-state index in [4.69, 9.17) is 4.74 Å². The van der Waals surface area contributed by atoms with Crippen LogP contribution in [0.3, 0.4) is 0 Å². The maximum absolute atomic E-state index is 12.4. The number of nitrogens with one attached hydrogen (secondary N) is 1. The van der Waals surface area contributed by atoms with Gasteiger partial charge in [-0.1, -0.05) is 12.1 Å². The molecule has 2 atom stereocenters. The second kappa shape index (κ2) is 10.2. The van der Waals surface area contributed by atoms with Gasteiger partial charge in [0, 0.05) is 38.0 Å². The number of aliphatic hydroxyl groups is 1. The molecule has 6 heteroatoms. The lowest BCUT2D eigenvalue weighted by molar-refractivity contribution is -0.0129. The predicted octanol–water partition coefficient (Wildman–Crippen LogP) is 3.45. The van der Waals surface area contributed by atoms with Crippen molar-refractivity contribution in [2.24, 2.45) is 0 Å². The van der Waals surface area contributed by atoms with E-state index in [1.54, 1.807) is 4.90 Å². The van der Waals surface area contributed by atoms with Crippen LogP contribution >= 0.6 is 0 Å². The average molecular weight is 390 g/mol. The highest BCUT2D eigenvalue weighted by atomic mass is 16.5. The van der Waals surface area contributed by atoms with Gasteiger partial charge in [-0.15, -0.1) is 0 Å². The van der Waals surface area contributed by atoms with Crippen LogP contribution in [0.25, 0.3) is 0 Å². The summed E-state index contributed by atoms with van der Waals surface area (Å²) in [5, 5.41) is 12.4. The number of ether oxygens (including phenoxy) is 1. The van der Waals surface area contributed by atoms with Crippen LogP contribution in [0.4, 0.5) is 10.5 Å². The first kappa shape index (κ1) is 21.1. The van der Waals surface area contributed by atoms with Gasteiger partial charge >= 0.3 is 6.03 Å². The Morgan fingerprint density at radius 2 is 2.04 bits per heavy atom. The minimum absolute atomic E-state index is 0.0299. The zero-order chi connectivity index (χ0) is 19.9. The number of hydrogen-bond acceptors (Lipinski definition) is 4. The molecule has 2 fully saturated rings. The Labute approximate surface area is 168 Å². The lowest BCUT2D eigenvalue weighted by Gasteiger charge is -2.32. The van der Waals surface area contributed by atoms with E-state index in [9.17, 15) is 9.90 Å². The standard InChI is InChI=1S/C22H35N3O3/c1-17(2)24(15-21-7-3-4-13-28-21)14-18-8-10-19(11-9-18)23-22(27)25-12-5-6-20(25)16-26/h8-11,17,20-21,26H,3-7,12-16H2,1-2H3,(H,23,27)/t20-,21?/m1/s1. The molecular weight excluding hydrogens is 354 g/mol. The van der Waals surface area contributed by atoms with Crippen molar-refractivity contribution >= 4 is 11.7 Å². The Bertz CT molecular complexity index is 614. The Hall–Kier alpha value is -1.63. The molecule has 1 unspecified atom stereocenters. The molecule has 2 aliphatic heterocycles. The van der Waals surface area contributed by atoms with Crippen LogP contribution in [0.1, 0.15) is 51.5 Å². The smallest absolute Gasteiger partial charge is 0.322 e. The molecule has 0 aliphatic carbocycles. The number of carbonyl (C=O) groups excluding carboxylic acids is 1. The van der Waals surface area contributed by atoms with Crippen molar-refractivity contribution in [2.75, 3.05) is 31.6 Å². The number of likely N-dealkylation sites (tertiary alicyclic amines) is 1. The van der Waals surface area contributed by atoms with Crippen molar-refractivity contribution in [1.82, 2.24) is 9.80 Å². The van der Waals surface area contributed by atoms with Crippen LogP contribution < -0.4 is 5.32 Å². The Kier molecular flexibility index (Phi) is 7.71. The summed E-state index contributed by atoms with van der Waals surface area (Å²) in [5.41, 5.74) is 2.03. The SMILES string of the molecule is CC(C)N(Cc1ccc(NC(=O)N2CCC[C@@H]2CO)cc1)CC1CCCCO1. The number of anilines is 1. The molecule has 2 heterocycles. The van der Waals surface area contributed by atoms with Crippen LogP contribution in [0.2, 0.25) is 0 Å². The first-order chi connectivity index (χ1) is 13.6. The number of amides is 2. The summed E-state index contributed by atoms with van der Waals surface area (Å²) in [7, 11) is 0. The van der Waals surface area contributed by atoms with E-state index in [2.05, 4.69) is 36.2 Å². The molecule has 0 spiro atoms. The lowest BCUT2D eigenvalue weighted by Crippen LogP contribution is -2.40. The number of carbonyl (C=O) groups is 1. The van der Waals surface area contributed by atoms with Crippen molar-refractivity contribution in [3.05, 3.63) is 29.8 Å². The van der Waals surface area contributed by atoms with E-state index in [-0.39, 0.29) is 18.7 Å². The molecule has 0 aromatic heterocycles. The zero-order valence-corrected chi connectivity index (χ0v) is 17.3. The van der Waals surface area contributed by atoms with Crippen LogP contribution in [-0.2, 0) is 11.3 Å². The van der Waals surface area contributed by atoms with Gasteiger partial charge in [-0.25, -0.2) is 4.79 Å². The van der Waals surface area contributed by atoms with Gasteiger partial charge in [0.25, 0.3) is 0 Å². The molecule has 3 rings (SSSR count). The predicted molar refractivity (Wildman–Crippen MR) is 111 cm³/mol. The van der Waals surface area contributed by atoms with Gasteiger partial charge in [0.15, 0.2) is 0 Å². The minimum Gasteiger partial charge on any atom is -0.394 e. The maximum Gasteiger partial charge on any atom is 0.322 e. The second-order valence-corrected chi connectivity index (χ2v) is 8.31. The van der Waals surface area contributed by atoms with Crippen molar-refractivity contribution in [3.8, 4) is 0 Å². The summed E-state index contributed by atoms with van der Waals surface area (Å²) in [4.78, 5) is 16.6. The number of rotatable bonds is 7. The molecule has 2 amide bonds. The van der Waals surface area contributed by atoms with Gasteiger partial charge in [0.2, 0.25) is 0 Å². The highest BCUT2D eigenvalue weighted by Gasteiger charge is 2.28. The highest BCUT2D eigenvalue weighted by molar-refractivity contribution is 5.89. The molecule has 6 nitrogen and oxygen atoms in total. The van der Waals surface area contributed by atoms with Crippen molar-refractivity contribution in [2.45, 2.75) is 70.7 Å². The number of nitrogens with zero attached hydrogens (tertiary/aromatic N) is 2. The summed E-state index contributed by atoms with van der Waals surface area (Å²) in [6.45, 7) is 7.93. The van der Waals surface area contributed by atoms with Crippen molar-refractivity contribution in [3.63, 3.8) is 0 Å². The Morgan fingerprint density at radius 3 is 2.68 bits per heavy atom. The van der Waals surface area contributed by atoms with Crippen molar-refractivity contribution in [1.29, 1.82) is 0 Å². The van der Waals surface area contributed by atoms with E-state index < -0.39 is 0 Å². The van der Waals surface area contributed by atoms with Gasteiger partial charge < -0.3 is 20.1 Å². The maximum atomic E-state index is 12.4. The fourth-order valence-electron chi connectivity index (χ4n) is 4.09. The monoisotopic (exact) mass is 389 g/mol. The van der Waals surface area contributed by atoms with E-state index in [1.807, 2.05) is 12.1 Å². The first-order valence-corrected chi connectivity index (χ1v) is 10.7. The lowest BCUT2D eigenvalue weighted by atomic mass is 10.1. The Morgan fingerprint density at radius 1 is 1.25 bits per heavy atom. The molecule has 2 N–H and O–H groups in total. The summed E-state index contributed by atoms with van der Waals surface area (Å²) in [6.07, 6.45) is 5.77. The first-order valence-electron chi connectivity index (χ1n) is 10.7. The van der Waals surface area contributed by atoms with E-state index in [0.29, 0.717) is 18.7 Å². The largest absolute Gasteiger partial charge is 0.394 e. The van der Waals surface area contributed by atoms with Crippen LogP contribution in [0.15, 0.2) is 24.3 Å². The van der Waals surface area contributed by atoms with E-state index in [1.165, 1.54) is 18.4 Å². The molecule has 0 radical (unpaired) electrons. The normalized spacial score (nSPS) is 22.8. The fraction of sp³-hybridized carbons (Fsp3) is 0.682. The third-order valence-corrected chi connectivity index (χ3v) is 5.88. The number of aliphatic hydroxyl groups excluding tert-OH is 1. The highest BCUT2D eigenvalue weighted by Crippen LogP contribution is 2.20. The molecule has 156 valence electrons. The quantitative estimate of drug-likeness (QED) is 0.750. The molecule has 1 aromatic rings. The molecule has 1 aromatic carbocycles. The molecule has 2 aliphatic rings. The second-order valence-electron chi connectivity index (χ2n) is 8.31. The topological polar surface area (TPSA) is 65.0 Å². The van der Waals surface area contributed by atoms with Gasteiger partial charge in [-0.3, -0.25) is 4.90 Å². The van der Waals surface area contributed by atoms with E-state index in [0.717, 1.165) is 44.6 Å². The van der Waals surface area contributed by atoms with Crippen LogP contribution in [0.5, 0.6) is 0 Å². The Balaban J connectivity index is 1.54. The summed E-state index contributed by atoms with van der Waals surface area (Å²) >= 11 is 0. The van der Waals surface area contributed by atoms with Crippen LogP contribution in [-0.4, -0.2) is 65.4 Å². The van der Waals surface area contributed by atoms with Crippen LogP contribution in [0, 0.1) is 0 Å². The third-order valence-electron chi connectivity index (χ3n) is 5.88. The van der Waals surface area contributed by atoms with Gasteiger partial charge in [-0.05, 0) is 63.6 Å². The molecule has 0 bridgehead atoms. The van der Waals surface area contributed by atoms with Gasteiger partial charge in [-0.2, -0.15) is 0 Å². The molecule has 28 heavy (non-hydrogen) atoms. The molecule has 2 saturated heterocycles. The molecule has 0 saturated carbocycles. The van der Waals surface area contributed by atoms with Gasteiger partial charge in [0.05, 0.1) is 18.8 Å². The average Bonchev–Trinajstić information content (AvgIpc) is 3.18. The summed E-state index contributed by atoms with van der Waals surface area (Å²) < 4.78 is 5.91. The van der Waals surface area contributed by atoms with Gasteiger partial charge in [0.1, 0.15) is 0 Å². The summed E-state index contributed by atoms with van der Waals surface area (Å²) in [5.74, 6) is 0. The zero-order valence-electron chi connectivity index (χ0n) is 17.3.